The molecule has 0 atom stereocenters. The van der Waals surface area contributed by atoms with Gasteiger partial charge in [-0.3, -0.25) is 15.1 Å². The van der Waals surface area contributed by atoms with Crippen LogP contribution in [0.3, 0.4) is 0 Å². The van der Waals surface area contributed by atoms with Gasteiger partial charge in [0.1, 0.15) is 5.52 Å². The number of halogens is 1. The molecule has 2 amide bonds. The van der Waals surface area contributed by atoms with Crippen molar-refractivity contribution in [3.8, 4) is 22.4 Å². The molecule has 0 unspecified atom stereocenters. The van der Waals surface area contributed by atoms with Crippen LogP contribution in [-0.4, -0.2) is 88.6 Å². The summed E-state index contributed by atoms with van der Waals surface area (Å²) in [7, 11) is 0. The average Bonchev–Trinajstić information content (AvgIpc) is 3.34. The Bertz CT molecular complexity index is 1460. The second-order valence-corrected chi connectivity index (χ2v) is 9.45. The fraction of sp³-hybridized carbons (Fsp3) is 0.280. The molecule has 0 saturated carbocycles. The second-order valence-electron chi connectivity index (χ2n) is 8.45. The Kier molecular flexibility index (Phi) is 9.08. The summed E-state index contributed by atoms with van der Waals surface area (Å²) in [5, 5.41) is 7.20. The molecule has 0 bridgehead atoms. The number of benzene rings is 1. The Morgan fingerprint density at radius 3 is 2.49 bits per heavy atom. The number of hydroxylamine groups is 2. The van der Waals surface area contributed by atoms with Crippen molar-refractivity contribution in [2.75, 3.05) is 42.9 Å². The van der Waals surface area contributed by atoms with Crippen LogP contribution in [0.2, 0.25) is 0 Å². The van der Waals surface area contributed by atoms with Crippen LogP contribution in [0.5, 0.6) is 0 Å². The number of amides is 2. The van der Waals surface area contributed by atoms with Crippen LogP contribution in [0.15, 0.2) is 42.9 Å². The normalized spacial score (nSPS) is 13.6. The number of piperazine rings is 1. The van der Waals surface area contributed by atoms with Crippen molar-refractivity contribution in [3.63, 3.8) is 0 Å². The van der Waals surface area contributed by atoms with Gasteiger partial charge in [-0.15, -0.1) is 5.06 Å². The molecule has 1 fully saturated rings. The van der Waals surface area contributed by atoms with Crippen LogP contribution < -0.4 is 15.5 Å². The third-order valence-electron chi connectivity index (χ3n) is 5.83. The van der Waals surface area contributed by atoms with E-state index in [0.717, 1.165) is 0 Å². The summed E-state index contributed by atoms with van der Waals surface area (Å²) >= 11 is 1.18. The van der Waals surface area contributed by atoms with E-state index in [0.29, 0.717) is 60.2 Å². The van der Waals surface area contributed by atoms with E-state index in [9.17, 15) is 9.59 Å². The number of nitrogens with zero attached hydrogens (tertiary/aromatic N) is 6. The average molecular weight is 545 g/mol. The van der Waals surface area contributed by atoms with Crippen molar-refractivity contribution in [1.82, 2.24) is 30.3 Å². The predicted octanol–water partition coefficient (Wildman–Crippen LogP) is 3.05. The van der Waals surface area contributed by atoms with Crippen molar-refractivity contribution < 1.29 is 18.8 Å². The van der Waals surface area contributed by atoms with Crippen LogP contribution >= 0.6 is 11.3 Å². The van der Waals surface area contributed by atoms with Crippen molar-refractivity contribution in [2.45, 2.75) is 13.8 Å². The summed E-state index contributed by atoms with van der Waals surface area (Å²) in [6.45, 7) is 5.84. The van der Waals surface area contributed by atoms with Gasteiger partial charge in [0.15, 0.2) is 10.9 Å². The molecule has 0 radical (unpaired) electrons. The third kappa shape index (κ3) is 6.34. The summed E-state index contributed by atoms with van der Waals surface area (Å²) in [5.74, 6) is -0.383. The van der Waals surface area contributed by atoms with Crippen molar-refractivity contribution in [3.05, 3.63) is 48.7 Å². The Labute approximate surface area is 239 Å². The number of fused-ring (bicyclic) bond motifs is 1. The van der Waals surface area contributed by atoms with Gasteiger partial charge in [-0.05, 0) is 25.1 Å². The summed E-state index contributed by atoms with van der Waals surface area (Å²) in [4.78, 5) is 48.1. The number of carbonyl (C=O) groups is 2. The van der Waals surface area contributed by atoms with Gasteiger partial charge < -0.3 is 15.1 Å². The molecule has 1 aromatic carbocycles. The number of aromatic nitrogens is 4. The third-order valence-corrected chi connectivity index (χ3v) is 6.84. The number of hydrogen-bond acceptors (Lipinski definition) is 10. The van der Waals surface area contributed by atoms with E-state index in [1.165, 1.54) is 18.3 Å². The number of rotatable bonds is 6. The molecule has 39 heavy (non-hydrogen) atoms. The van der Waals surface area contributed by atoms with Gasteiger partial charge in [0.05, 0.1) is 23.5 Å². The molecule has 1 aliphatic heterocycles. The van der Waals surface area contributed by atoms with Crippen LogP contribution in [0.1, 0.15) is 13.8 Å². The van der Waals surface area contributed by atoms with Crippen molar-refractivity contribution in [2.24, 2.45) is 0 Å². The molecule has 0 spiro atoms. The molecule has 14 heteroatoms. The Hall–Kier alpha value is -3.63. The fourth-order valence-electron chi connectivity index (χ4n) is 4.11. The first-order valence-electron chi connectivity index (χ1n) is 12.0. The van der Waals surface area contributed by atoms with E-state index in [-0.39, 0.29) is 41.0 Å². The Morgan fingerprint density at radius 2 is 1.85 bits per heavy atom. The summed E-state index contributed by atoms with van der Waals surface area (Å²) in [5.41, 5.74) is 2.22. The predicted molar refractivity (Wildman–Crippen MR) is 149 cm³/mol. The van der Waals surface area contributed by atoms with E-state index >= 15 is 4.39 Å². The van der Waals surface area contributed by atoms with E-state index in [2.05, 4.69) is 30.6 Å². The number of carbonyl (C=O) groups excluding carboxylic acids is 2. The molecule has 1 aliphatic rings. The molecular formula is C25H26FLiN8O3S. The van der Waals surface area contributed by atoms with E-state index in [4.69, 9.17) is 4.84 Å². The maximum absolute atomic E-state index is 15.8. The second kappa shape index (κ2) is 12.5. The van der Waals surface area contributed by atoms with Crippen LogP contribution in [0.4, 0.5) is 20.3 Å². The molecule has 4 heterocycles. The first-order valence-corrected chi connectivity index (χ1v) is 12.8. The molecule has 2 N–H and O–H groups in total. The zero-order chi connectivity index (χ0) is 26.6. The zero-order valence-corrected chi connectivity index (χ0v) is 21.6. The van der Waals surface area contributed by atoms with Crippen LogP contribution in [0.25, 0.3) is 32.6 Å². The summed E-state index contributed by atoms with van der Waals surface area (Å²) in [6.07, 6.45) is 4.82. The first-order chi connectivity index (χ1) is 18.4. The number of thiazole rings is 1. The fourth-order valence-corrected chi connectivity index (χ4v) is 5.09. The van der Waals surface area contributed by atoms with Gasteiger partial charge in [-0.1, -0.05) is 17.4 Å². The van der Waals surface area contributed by atoms with Crippen molar-refractivity contribution in [1.29, 1.82) is 0 Å². The molecule has 198 valence electrons. The zero-order valence-electron chi connectivity index (χ0n) is 20.8. The molecule has 11 nitrogen and oxygen atoms in total. The Morgan fingerprint density at radius 1 is 1.10 bits per heavy atom. The molecule has 1 saturated heterocycles. The molecule has 0 aliphatic carbocycles. The van der Waals surface area contributed by atoms with Gasteiger partial charge >= 0.3 is 30.9 Å². The SMILES string of the molecule is CCNC(=O)Nc1nc2c(F)c(-c3cnc(N4CCN(OC(C)=O)CC4)nc3)cc(-c3ccccn3)c2s1.[LiH]. The molecule has 3 aromatic heterocycles. The Balaban J connectivity index is 0.00000353. The minimum absolute atomic E-state index is 0. The minimum atomic E-state index is -0.536. The first kappa shape index (κ1) is 28.4. The molecule has 4 aromatic rings. The standard InChI is InChI=1S/C25H25FN8O3S.Li.H/c1-3-27-24(36)32-25-31-21-20(26)17(12-18(22(21)38-25)19-6-4-5-7-28-19)16-13-29-23(30-14-16)33-8-10-34(11-9-33)37-15(2)35;;/h4-7,12-14H,3,8-11H2,1-2H3,(H2,27,31,32,36);;. The summed E-state index contributed by atoms with van der Waals surface area (Å²) in [6, 6.07) is 6.79. The number of anilines is 2. The monoisotopic (exact) mass is 544 g/mol. The van der Waals surface area contributed by atoms with Gasteiger partial charge in [-0.2, -0.15) is 0 Å². The number of hydrogen-bond donors (Lipinski definition) is 2. The van der Waals surface area contributed by atoms with Crippen molar-refractivity contribution >= 4 is 63.5 Å². The topological polar surface area (TPSA) is 125 Å². The van der Waals surface area contributed by atoms with E-state index < -0.39 is 11.8 Å². The number of pyridine rings is 1. The van der Waals surface area contributed by atoms with Crippen LogP contribution in [0, 0.1) is 5.82 Å². The molecular weight excluding hydrogens is 518 g/mol. The van der Waals surface area contributed by atoms with Gasteiger partial charge in [0.2, 0.25) is 5.95 Å². The van der Waals surface area contributed by atoms with Gasteiger partial charge in [-0.25, -0.2) is 24.1 Å². The maximum atomic E-state index is 15.8. The van der Waals surface area contributed by atoms with E-state index in [1.807, 2.05) is 17.0 Å². The number of urea groups is 1. The summed E-state index contributed by atoms with van der Waals surface area (Å²) < 4.78 is 16.4. The van der Waals surface area contributed by atoms with Gasteiger partial charge in [0, 0.05) is 61.8 Å². The van der Waals surface area contributed by atoms with Crippen LogP contribution in [-0.2, 0) is 9.63 Å². The molecule has 5 rings (SSSR count). The van der Waals surface area contributed by atoms with E-state index in [1.54, 1.807) is 42.7 Å². The quantitative estimate of drug-likeness (QED) is 0.352. The van der Waals surface area contributed by atoms with Gasteiger partial charge in [0.25, 0.3) is 0 Å². The number of nitrogens with one attached hydrogen (secondary N) is 2.